The lowest BCUT2D eigenvalue weighted by molar-refractivity contribution is -0.0498. The zero-order valence-electron chi connectivity index (χ0n) is 11.0. The van der Waals surface area contributed by atoms with Crippen LogP contribution in [0.2, 0.25) is 0 Å². The Balaban J connectivity index is 5.20. The van der Waals surface area contributed by atoms with Crippen LogP contribution in [0.4, 0.5) is 13.2 Å². The Kier molecular flexibility index (Phi) is 7.11. The molecule has 8 heteroatoms. The number of alkyl halides is 3. The van der Waals surface area contributed by atoms with E-state index < -0.39 is 23.1 Å². The summed E-state index contributed by atoms with van der Waals surface area (Å²) >= 11 is 0. The highest BCUT2D eigenvalue weighted by atomic mass is 32.2. The molecule has 0 N–H and O–H groups in total. The van der Waals surface area contributed by atoms with E-state index in [4.69, 9.17) is 0 Å². The molecular weight excluding hydrogens is 288 g/mol. The van der Waals surface area contributed by atoms with Gasteiger partial charge < -0.3 is 0 Å². The van der Waals surface area contributed by atoms with Crippen LogP contribution in [-0.4, -0.2) is 32.4 Å². The first kappa shape index (κ1) is 18.1. The summed E-state index contributed by atoms with van der Waals surface area (Å²) in [5.74, 6) is 0. The third kappa shape index (κ3) is 5.02. The van der Waals surface area contributed by atoms with Crippen molar-refractivity contribution >= 4 is 17.6 Å². The molecule has 0 aromatic rings. The van der Waals surface area contributed by atoms with E-state index in [1.54, 1.807) is 0 Å². The molecule has 0 saturated carbocycles. The average Bonchev–Trinajstić information content (AvgIpc) is 2.15. The zero-order chi connectivity index (χ0) is 14.4. The second-order valence-corrected chi connectivity index (χ2v) is 9.63. The van der Waals surface area contributed by atoms with E-state index >= 15 is 0 Å². The van der Waals surface area contributed by atoms with Crippen LogP contribution in [0.3, 0.4) is 0 Å². The van der Waals surface area contributed by atoms with Crippen LogP contribution >= 0.6 is 7.49 Å². The maximum Gasteiger partial charge on any atom is 0.526 e. The van der Waals surface area contributed by atoms with E-state index in [2.05, 4.69) is 3.97 Å². The highest BCUT2D eigenvalue weighted by Crippen LogP contribution is 2.63. The third-order valence-corrected chi connectivity index (χ3v) is 8.84. The first-order valence-corrected chi connectivity index (χ1v) is 9.69. The van der Waals surface area contributed by atoms with Crippen molar-refractivity contribution < 1.29 is 25.6 Å². The summed E-state index contributed by atoms with van der Waals surface area (Å²) in [5.41, 5.74) is -5.33. The number of hydrogen-bond donors (Lipinski definition) is 0. The van der Waals surface area contributed by atoms with Crippen molar-refractivity contribution in [1.29, 1.82) is 0 Å². The number of rotatable bonds is 8. The molecule has 0 atom stereocenters. The van der Waals surface area contributed by atoms with Gasteiger partial charge in [-0.1, -0.05) is 20.8 Å². The van der Waals surface area contributed by atoms with E-state index in [0.717, 1.165) is 0 Å². The molecule has 0 aliphatic heterocycles. The fraction of sp³-hybridized carbons (Fsp3) is 1.00. The Labute approximate surface area is 108 Å². The Morgan fingerprint density at radius 1 is 0.944 bits per heavy atom. The molecule has 0 amide bonds. The molecule has 0 aromatic heterocycles. The first-order chi connectivity index (χ1) is 8.14. The Bertz CT molecular complexity index is 324. The summed E-state index contributed by atoms with van der Waals surface area (Å²) in [6, 6.07) is 0. The van der Waals surface area contributed by atoms with Crippen molar-refractivity contribution in [1.82, 2.24) is 0 Å². The Morgan fingerprint density at radius 3 is 1.50 bits per heavy atom. The summed E-state index contributed by atoms with van der Waals surface area (Å²) in [6.45, 7) is 5.47. The van der Waals surface area contributed by atoms with Gasteiger partial charge in [0.1, 0.15) is 0 Å². The summed E-state index contributed by atoms with van der Waals surface area (Å²) in [7, 11) is -7.99. The van der Waals surface area contributed by atoms with Crippen LogP contribution in [0.5, 0.6) is 0 Å². The lowest BCUT2D eigenvalue weighted by Crippen LogP contribution is -2.27. The minimum Gasteiger partial charge on any atom is -0.186 e. The lowest BCUT2D eigenvalue weighted by atomic mass is 10.6. The molecule has 0 bridgehead atoms. The molecular formula is C10H21F3O3PS+. The van der Waals surface area contributed by atoms with Gasteiger partial charge >= 0.3 is 15.6 Å². The van der Waals surface area contributed by atoms with E-state index in [0.29, 0.717) is 37.7 Å². The van der Waals surface area contributed by atoms with Crippen molar-refractivity contribution in [2.24, 2.45) is 0 Å². The molecule has 0 saturated heterocycles. The number of halogens is 3. The van der Waals surface area contributed by atoms with Gasteiger partial charge in [-0.05, 0) is 19.3 Å². The van der Waals surface area contributed by atoms with Gasteiger partial charge in [-0.25, -0.2) is 0 Å². The van der Waals surface area contributed by atoms with Gasteiger partial charge in [-0.3, -0.25) is 0 Å². The van der Waals surface area contributed by atoms with E-state index in [1.807, 2.05) is 20.8 Å². The van der Waals surface area contributed by atoms with Gasteiger partial charge in [0.05, 0.1) is 18.5 Å². The highest BCUT2D eigenvalue weighted by molar-refractivity contribution is 7.94. The maximum atomic E-state index is 12.4. The Morgan fingerprint density at radius 2 is 1.28 bits per heavy atom. The van der Waals surface area contributed by atoms with Crippen LogP contribution in [0.15, 0.2) is 0 Å². The molecule has 0 aromatic carbocycles. The zero-order valence-corrected chi connectivity index (χ0v) is 12.7. The fourth-order valence-corrected chi connectivity index (χ4v) is 7.93. The second-order valence-electron chi connectivity index (χ2n) is 4.20. The summed E-state index contributed by atoms with van der Waals surface area (Å²) in [5, 5.41) is 0. The third-order valence-electron chi connectivity index (χ3n) is 2.43. The molecule has 0 radical (unpaired) electrons. The van der Waals surface area contributed by atoms with Gasteiger partial charge in [0.2, 0.25) is 0 Å². The molecule has 0 fully saturated rings. The summed E-state index contributed by atoms with van der Waals surface area (Å²) in [4.78, 5) is 0. The molecule has 0 rings (SSSR count). The topological polar surface area (TPSA) is 43.4 Å². The van der Waals surface area contributed by atoms with Gasteiger partial charge in [-0.15, -0.1) is 3.97 Å². The minimum absolute atomic E-state index is 0.421. The Hall–Kier alpha value is 0.130. The quantitative estimate of drug-likeness (QED) is 0.502. The van der Waals surface area contributed by atoms with Crippen molar-refractivity contribution in [2.45, 2.75) is 45.5 Å². The molecule has 0 aliphatic rings. The van der Waals surface area contributed by atoms with Gasteiger partial charge in [0.15, 0.2) is 7.49 Å². The van der Waals surface area contributed by atoms with Gasteiger partial charge in [0.25, 0.3) is 0 Å². The predicted octanol–water partition coefficient (Wildman–Crippen LogP) is 4.02. The molecule has 3 nitrogen and oxygen atoms in total. The van der Waals surface area contributed by atoms with Crippen LogP contribution in [0, 0.1) is 0 Å². The lowest BCUT2D eigenvalue weighted by Gasteiger charge is -2.24. The van der Waals surface area contributed by atoms with Crippen molar-refractivity contribution in [3.8, 4) is 0 Å². The smallest absolute Gasteiger partial charge is 0.186 e. The van der Waals surface area contributed by atoms with Crippen molar-refractivity contribution in [2.75, 3.05) is 18.5 Å². The van der Waals surface area contributed by atoms with E-state index in [-0.39, 0.29) is 0 Å². The maximum absolute atomic E-state index is 12.4. The SMILES string of the molecule is CCC[P+](CCC)(CCC)OS(=O)(=O)C(F)(F)F. The summed E-state index contributed by atoms with van der Waals surface area (Å²) in [6.07, 6.45) is 3.14. The predicted molar refractivity (Wildman–Crippen MR) is 68.5 cm³/mol. The monoisotopic (exact) mass is 309 g/mol. The van der Waals surface area contributed by atoms with Crippen LogP contribution in [0.1, 0.15) is 40.0 Å². The standard InChI is InChI=1S/C10H21F3O3PS/c1-4-7-17(8-5-2,9-6-3)16-18(14,15)10(11,12)13/h4-9H2,1-3H3/q+1. The van der Waals surface area contributed by atoms with Crippen molar-refractivity contribution in [3.63, 3.8) is 0 Å². The van der Waals surface area contributed by atoms with Gasteiger partial charge in [-0.2, -0.15) is 21.6 Å². The van der Waals surface area contributed by atoms with Crippen LogP contribution in [-0.2, 0) is 14.1 Å². The molecule has 0 heterocycles. The molecule has 0 aliphatic carbocycles. The van der Waals surface area contributed by atoms with Crippen LogP contribution in [0.25, 0.3) is 0 Å². The summed E-state index contributed by atoms with van der Waals surface area (Å²) < 4.78 is 64.2. The fourth-order valence-electron chi connectivity index (χ4n) is 1.92. The molecule has 0 spiro atoms. The first-order valence-electron chi connectivity index (χ1n) is 6.02. The minimum atomic E-state index is -5.47. The molecule has 18 heavy (non-hydrogen) atoms. The molecule has 0 unspecified atom stereocenters. The van der Waals surface area contributed by atoms with Gasteiger partial charge in [0, 0.05) is 0 Å². The van der Waals surface area contributed by atoms with E-state index in [9.17, 15) is 21.6 Å². The molecule has 110 valence electrons. The second kappa shape index (κ2) is 7.06. The van der Waals surface area contributed by atoms with E-state index in [1.165, 1.54) is 0 Å². The van der Waals surface area contributed by atoms with Crippen LogP contribution < -0.4 is 0 Å². The highest BCUT2D eigenvalue weighted by Gasteiger charge is 2.55. The average molecular weight is 309 g/mol. The largest absolute Gasteiger partial charge is 0.526 e. The number of hydrogen-bond acceptors (Lipinski definition) is 3. The van der Waals surface area contributed by atoms with Crippen molar-refractivity contribution in [3.05, 3.63) is 0 Å². The normalized spacial score (nSPS) is 13.9.